The summed E-state index contributed by atoms with van der Waals surface area (Å²) in [5.74, 6) is 0.929. The van der Waals surface area contributed by atoms with Gasteiger partial charge in [-0.25, -0.2) is 0 Å². The van der Waals surface area contributed by atoms with Gasteiger partial charge in [0.25, 0.3) is 0 Å². The third-order valence-electron chi connectivity index (χ3n) is 4.38. The third kappa shape index (κ3) is 2.12. The van der Waals surface area contributed by atoms with E-state index in [2.05, 4.69) is 31.9 Å². The molecule has 1 spiro atoms. The lowest BCUT2D eigenvalue weighted by Crippen LogP contribution is -2.55. The van der Waals surface area contributed by atoms with Crippen molar-refractivity contribution in [1.82, 2.24) is 0 Å². The average molecular weight is 395 g/mol. The fourth-order valence-electron chi connectivity index (χ4n) is 3.26. The SMILES string of the molecule is ClC1CC(Oc2ccc(Br)cc2Br)C12CCCC2. The van der Waals surface area contributed by atoms with Crippen molar-refractivity contribution >= 4 is 43.5 Å². The van der Waals surface area contributed by atoms with Gasteiger partial charge in [0, 0.05) is 21.7 Å². The standard InChI is InChI=1S/C14H15Br2ClO/c15-9-3-4-11(10(16)7-9)18-13-8-12(17)14(13)5-1-2-6-14/h3-4,7,12-13H,1-2,5-6,8H2. The minimum Gasteiger partial charge on any atom is -0.489 e. The Bertz CT molecular complexity index is 457. The number of alkyl halides is 1. The summed E-state index contributed by atoms with van der Waals surface area (Å²) in [6.07, 6.45) is 6.30. The van der Waals surface area contributed by atoms with E-state index in [-0.39, 0.29) is 5.41 Å². The van der Waals surface area contributed by atoms with Crippen LogP contribution in [0.25, 0.3) is 0 Å². The number of hydrogen-bond donors (Lipinski definition) is 0. The lowest BCUT2D eigenvalue weighted by atomic mass is 9.64. The highest BCUT2D eigenvalue weighted by molar-refractivity contribution is 9.11. The summed E-state index contributed by atoms with van der Waals surface area (Å²) in [7, 11) is 0. The Balaban J connectivity index is 1.77. The van der Waals surface area contributed by atoms with Gasteiger partial charge in [-0.3, -0.25) is 0 Å². The maximum Gasteiger partial charge on any atom is 0.134 e. The normalized spacial score (nSPS) is 29.3. The van der Waals surface area contributed by atoms with E-state index in [1.54, 1.807) is 0 Å². The van der Waals surface area contributed by atoms with Crippen LogP contribution >= 0.6 is 43.5 Å². The Hall–Kier alpha value is 0.270. The predicted octanol–water partition coefficient (Wildman–Crippen LogP) is 5.53. The molecule has 0 N–H and O–H groups in total. The number of rotatable bonds is 2. The summed E-state index contributed by atoms with van der Waals surface area (Å²) in [6.45, 7) is 0. The van der Waals surface area contributed by atoms with Crippen molar-refractivity contribution in [1.29, 1.82) is 0 Å². The van der Waals surface area contributed by atoms with E-state index in [0.29, 0.717) is 11.5 Å². The van der Waals surface area contributed by atoms with E-state index in [0.717, 1.165) is 21.1 Å². The smallest absolute Gasteiger partial charge is 0.134 e. The molecule has 1 aromatic rings. The first-order valence-corrected chi connectivity index (χ1v) is 8.40. The van der Waals surface area contributed by atoms with Gasteiger partial charge < -0.3 is 4.74 Å². The summed E-state index contributed by atoms with van der Waals surface area (Å²) in [6, 6.07) is 6.05. The van der Waals surface area contributed by atoms with E-state index >= 15 is 0 Å². The van der Waals surface area contributed by atoms with Crippen molar-refractivity contribution in [3.8, 4) is 5.75 Å². The van der Waals surface area contributed by atoms with Crippen LogP contribution in [0.15, 0.2) is 27.1 Å². The first-order chi connectivity index (χ1) is 8.62. The zero-order valence-corrected chi connectivity index (χ0v) is 13.9. The monoisotopic (exact) mass is 392 g/mol. The number of ether oxygens (including phenoxy) is 1. The zero-order valence-electron chi connectivity index (χ0n) is 9.96. The topological polar surface area (TPSA) is 9.23 Å². The number of halogens is 3. The highest BCUT2D eigenvalue weighted by Crippen LogP contribution is 2.57. The molecule has 2 fully saturated rings. The molecule has 1 aromatic carbocycles. The van der Waals surface area contributed by atoms with Crippen molar-refractivity contribution in [2.45, 2.75) is 43.6 Å². The van der Waals surface area contributed by atoms with Gasteiger partial charge in [0.1, 0.15) is 11.9 Å². The minimum absolute atomic E-state index is 0.244. The van der Waals surface area contributed by atoms with E-state index in [4.69, 9.17) is 16.3 Å². The summed E-state index contributed by atoms with van der Waals surface area (Å²) in [5.41, 5.74) is 0.244. The lowest BCUT2D eigenvalue weighted by molar-refractivity contribution is -0.0359. The predicted molar refractivity (Wildman–Crippen MR) is 81.4 cm³/mol. The summed E-state index contributed by atoms with van der Waals surface area (Å²) in [4.78, 5) is 0. The van der Waals surface area contributed by atoms with Crippen molar-refractivity contribution < 1.29 is 4.74 Å². The van der Waals surface area contributed by atoms with Crippen LogP contribution in [0.5, 0.6) is 5.75 Å². The minimum atomic E-state index is 0.244. The third-order valence-corrected chi connectivity index (χ3v) is 6.11. The number of benzene rings is 1. The second kappa shape index (κ2) is 4.99. The Morgan fingerprint density at radius 2 is 1.94 bits per heavy atom. The molecule has 0 radical (unpaired) electrons. The van der Waals surface area contributed by atoms with E-state index < -0.39 is 0 Å². The van der Waals surface area contributed by atoms with Crippen molar-refractivity contribution in [3.63, 3.8) is 0 Å². The molecule has 2 saturated carbocycles. The Morgan fingerprint density at radius 1 is 1.22 bits per heavy atom. The molecular formula is C14H15Br2ClO. The fourth-order valence-corrected chi connectivity index (χ4v) is 4.92. The molecule has 2 aliphatic rings. The molecule has 2 unspecified atom stereocenters. The van der Waals surface area contributed by atoms with Gasteiger partial charge >= 0.3 is 0 Å². The average Bonchev–Trinajstić information content (AvgIpc) is 2.83. The van der Waals surface area contributed by atoms with Crippen LogP contribution in [0.4, 0.5) is 0 Å². The molecule has 0 heterocycles. The quantitative estimate of drug-likeness (QED) is 0.599. The van der Waals surface area contributed by atoms with Crippen LogP contribution in [0.2, 0.25) is 0 Å². The molecule has 0 aliphatic heterocycles. The second-order valence-electron chi connectivity index (χ2n) is 5.32. The Morgan fingerprint density at radius 3 is 2.56 bits per heavy atom. The maximum absolute atomic E-state index is 6.44. The van der Waals surface area contributed by atoms with Gasteiger partial charge in [0.15, 0.2) is 0 Å². The molecule has 18 heavy (non-hydrogen) atoms. The van der Waals surface area contributed by atoms with Crippen molar-refractivity contribution in [3.05, 3.63) is 27.1 Å². The highest BCUT2D eigenvalue weighted by atomic mass is 79.9. The van der Waals surface area contributed by atoms with Crippen LogP contribution < -0.4 is 4.74 Å². The molecule has 0 aromatic heterocycles. The summed E-state index contributed by atoms with van der Waals surface area (Å²) < 4.78 is 8.25. The van der Waals surface area contributed by atoms with Gasteiger partial charge in [0.2, 0.25) is 0 Å². The van der Waals surface area contributed by atoms with Gasteiger partial charge in [-0.05, 0) is 47.0 Å². The molecule has 0 amide bonds. The molecular weight excluding hydrogens is 379 g/mol. The van der Waals surface area contributed by atoms with Gasteiger partial charge in [-0.1, -0.05) is 28.8 Å². The largest absolute Gasteiger partial charge is 0.489 e. The molecule has 2 atom stereocenters. The molecule has 4 heteroatoms. The van der Waals surface area contributed by atoms with Crippen LogP contribution in [0.1, 0.15) is 32.1 Å². The van der Waals surface area contributed by atoms with E-state index in [1.165, 1.54) is 25.7 Å². The van der Waals surface area contributed by atoms with Gasteiger partial charge in [-0.15, -0.1) is 11.6 Å². The van der Waals surface area contributed by atoms with Crippen molar-refractivity contribution in [2.75, 3.05) is 0 Å². The molecule has 2 aliphatic carbocycles. The first-order valence-electron chi connectivity index (χ1n) is 6.37. The van der Waals surface area contributed by atoms with Crippen LogP contribution in [0, 0.1) is 5.41 Å². The van der Waals surface area contributed by atoms with Crippen molar-refractivity contribution in [2.24, 2.45) is 5.41 Å². The molecule has 98 valence electrons. The number of hydrogen-bond acceptors (Lipinski definition) is 1. The molecule has 1 nitrogen and oxygen atoms in total. The Labute approximate surface area is 129 Å². The zero-order chi connectivity index (χ0) is 12.8. The van der Waals surface area contributed by atoms with E-state index in [1.807, 2.05) is 18.2 Å². The summed E-state index contributed by atoms with van der Waals surface area (Å²) in [5, 5.41) is 0.305. The molecule has 3 rings (SSSR count). The van der Waals surface area contributed by atoms with Gasteiger partial charge in [0.05, 0.1) is 4.47 Å². The van der Waals surface area contributed by atoms with E-state index in [9.17, 15) is 0 Å². The molecule has 0 bridgehead atoms. The molecule has 0 saturated heterocycles. The van der Waals surface area contributed by atoms with Crippen LogP contribution in [-0.4, -0.2) is 11.5 Å². The second-order valence-corrected chi connectivity index (χ2v) is 7.62. The highest BCUT2D eigenvalue weighted by Gasteiger charge is 2.57. The van der Waals surface area contributed by atoms with Gasteiger partial charge in [-0.2, -0.15) is 0 Å². The fraction of sp³-hybridized carbons (Fsp3) is 0.571. The maximum atomic E-state index is 6.44. The lowest BCUT2D eigenvalue weighted by Gasteiger charge is -2.51. The van der Waals surface area contributed by atoms with Crippen LogP contribution in [-0.2, 0) is 0 Å². The first kappa shape index (κ1) is 13.3. The summed E-state index contributed by atoms with van der Waals surface area (Å²) >= 11 is 13.4. The van der Waals surface area contributed by atoms with Crippen LogP contribution in [0.3, 0.4) is 0 Å². The Kier molecular flexibility index (Phi) is 3.68.